The van der Waals surface area contributed by atoms with Crippen molar-refractivity contribution in [2.24, 2.45) is 11.7 Å². The molecular formula is C10H18N2O2S. The molecule has 0 saturated carbocycles. The minimum Gasteiger partial charge on any atom is -0.468 e. The molecular weight excluding hydrogens is 212 g/mol. The van der Waals surface area contributed by atoms with Crippen LogP contribution in [0.4, 0.5) is 0 Å². The van der Waals surface area contributed by atoms with Gasteiger partial charge in [-0.3, -0.25) is 9.69 Å². The molecule has 86 valence electrons. The second-order valence-corrected chi connectivity index (χ2v) is 4.41. The molecule has 0 aliphatic carbocycles. The molecule has 15 heavy (non-hydrogen) atoms. The number of hydrogen-bond acceptors (Lipinski definition) is 4. The largest absolute Gasteiger partial charge is 0.468 e. The van der Waals surface area contributed by atoms with Crippen LogP contribution in [-0.2, 0) is 9.53 Å². The van der Waals surface area contributed by atoms with Crippen LogP contribution in [0.15, 0.2) is 0 Å². The van der Waals surface area contributed by atoms with Gasteiger partial charge < -0.3 is 10.5 Å². The Labute approximate surface area is 95.8 Å². The van der Waals surface area contributed by atoms with Crippen LogP contribution in [0.3, 0.4) is 0 Å². The number of likely N-dealkylation sites (tertiary alicyclic amines) is 1. The standard InChI is InChI=1S/C10H18N2O2S/c1-7(10(13)14-2)12-5-3-4-8(6-12)9(11)15/h7-8H,3-6H2,1-2H3,(H2,11,15). The Morgan fingerprint density at radius 1 is 1.67 bits per heavy atom. The molecule has 5 heteroatoms. The van der Waals surface area contributed by atoms with E-state index in [4.69, 9.17) is 22.7 Å². The van der Waals surface area contributed by atoms with Crippen LogP contribution in [0.5, 0.6) is 0 Å². The predicted molar refractivity (Wildman–Crippen MR) is 62.6 cm³/mol. The fourth-order valence-electron chi connectivity index (χ4n) is 1.91. The van der Waals surface area contributed by atoms with Crippen LogP contribution >= 0.6 is 12.2 Å². The molecule has 0 amide bonds. The van der Waals surface area contributed by atoms with Gasteiger partial charge in [0.25, 0.3) is 0 Å². The highest BCUT2D eigenvalue weighted by Crippen LogP contribution is 2.19. The van der Waals surface area contributed by atoms with Crippen molar-refractivity contribution in [3.05, 3.63) is 0 Å². The molecule has 4 nitrogen and oxygen atoms in total. The molecule has 0 aromatic rings. The minimum absolute atomic E-state index is 0.196. The van der Waals surface area contributed by atoms with E-state index in [9.17, 15) is 4.79 Å². The van der Waals surface area contributed by atoms with Crippen molar-refractivity contribution in [3.8, 4) is 0 Å². The SMILES string of the molecule is COC(=O)C(C)N1CCCC(C(N)=S)C1. The average molecular weight is 230 g/mol. The van der Waals surface area contributed by atoms with E-state index >= 15 is 0 Å². The molecule has 1 aliphatic rings. The fraction of sp³-hybridized carbons (Fsp3) is 0.800. The summed E-state index contributed by atoms with van der Waals surface area (Å²) >= 11 is 4.98. The number of thiocarbonyl (C=S) groups is 1. The van der Waals surface area contributed by atoms with Gasteiger partial charge in [0.1, 0.15) is 6.04 Å². The van der Waals surface area contributed by atoms with E-state index in [0.29, 0.717) is 4.99 Å². The Bertz CT molecular complexity index is 258. The number of carbonyl (C=O) groups excluding carboxylic acids is 1. The number of nitrogens with two attached hydrogens (primary N) is 1. The Morgan fingerprint density at radius 3 is 2.87 bits per heavy atom. The highest BCUT2D eigenvalue weighted by atomic mass is 32.1. The van der Waals surface area contributed by atoms with Crippen molar-refractivity contribution < 1.29 is 9.53 Å². The molecule has 0 aromatic heterocycles. The lowest BCUT2D eigenvalue weighted by Crippen LogP contribution is -2.47. The van der Waals surface area contributed by atoms with Crippen LogP contribution < -0.4 is 5.73 Å². The highest BCUT2D eigenvalue weighted by molar-refractivity contribution is 7.80. The van der Waals surface area contributed by atoms with E-state index in [2.05, 4.69) is 4.90 Å². The summed E-state index contributed by atoms with van der Waals surface area (Å²) in [5, 5.41) is 0. The number of nitrogens with zero attached hydrogens (tertiary/aromatic N) is 1. The summed E-state index contributed by atoms with van der Waals surface area (Å²) in [6, 6.07) is -0.202. The second kappa shape index (κ2) is 5.42. The Morgan fingerprint density at radius 2 is 2.33 bits per heavy atom. The average Bonchev–Trinajstić information content (AvgIpc) is 2.27. The molecule has 2 atom stereocenters. The Balaban J connectivity index is 2.55. The van der Waals surface area contributed by atoms with Gasteiger partial charge in [-0.25, -0.2) is 0 Å². The van der Waals surface area contributed by atoms with Gasteiger partial charge >= 0.3 is 5.97 Å². The second-order valence-electron chi connectivity index (χ2n) is 3.94. The van der Waals surface area contributed by atoms with Crippen molar-refractivity contribution in [2.75, 3.05) is 20.2 Å². The summed E-state index contributed by atoms with van der Waals surface area (Å²) in [6.45, 7) is 3.54. The van der Waals surface area contributed by atoms with Gasteiger partial charge in [0.15, 0.2) is 0 Å². The van der Waals surface area contributed by atoms with Crippen molar-refractivity contribution in [1.82, 2.24) is 4.90 Å². The first-order chi connectivity index (χ1) is 7.06. The summed E-state index contributed by atoms with van der Waals surface area (Å²) in [7, 11) is 1.41. The lowest BCUT2D eigenvalue weighted by Gasteiger charge is -2.34. The van der Waals surface area contributed by atoms with E-state index in [1.807, 2.05) is 6.92 Å². The van der Waals surface area contributed by atoms with Gasteiger partial charge in [-0.05, 0) is 26.3 Å². The quantitative estimate of drug-likeness (QED) is 0.566. The molecule has 1 rings (SSSR count). The number of ether oxygens (including phenoxy) is 1. The zero-order chi connectivity index (χ0) is 11.4. The zero-order valence-corrected chi connectivity index (χ0v) is 10.0. The van der Waals surface area contributed by atoms with E-state index in [1.165, 1.54) is 7.11 Å². The van der Waals surface area contributed by atoms with Crippen LogP contribution in [-0.4, -0.2) is 42.1 Å². The Kier molecular flexibility index (Phi) is 4.47. The highest BCUT2D eigenvalue weighted by Gasteiger charge is 2.28. The first-order valence-corrected chi connectivity index (χ1v) is 5.58. The van der Waals surface area contributed by atoms with Crippen molar-refractivity contribution in [2.45, 2.75) is 25.8 Å². The molecule has 1 aliphatic heterocycles. The summed E-state index contributed by atoms with van der Waals surface area (Å²) in [5.74, 6) is 0.0412. The molecule has 1 saturated heterocycles. The maximum Gasteiger partial charge on any atom is 0.322 e. The topological polar surface area (TPSA) is 55.6 Å². The van der Waals surface area contributed by atoms with Gasteiger partial charge in [-0.15, -0.1) is 0 Å². The monoisotopic (exact) mass is 230 g/mol. The van der Waals surface area contributed by atoms with Crippen LogP contribution in [0.1, 0.15) is 19.8 Å². The van der Waals surface area contributed by atoms with Gasteiger partial charge in [0, 0.05) is 12.5 Å². The maximum atomic E-state index is 11.4. The van der Waals surface area contributed by atoms with Crippen LogP contribution in [0, 0.1) is 5.92 Å². The smallest absolute Gasteiger partial charge is 0.322 e. The molecule has 0 aromatic carbocycles. The van der Waals surface area contributed by atoms with E-state index in [1.54, 1.807) is 0 Å². The first kappa shape index (κ1) is 12.4. The summed E-state index contributed by atoms with van der Waals surface area (Å²) in [6.07, 6.45) is 2.06. The summed E-state index contributed by atoms with van der Waals surface area (Å²) < 4.78 is 4.72. The first-order valence-electron chi connectivity index (χ1n) is 5.17. The predicted octanol–water partition coefficient (Wildman–Crippen LogP) is 0.546. The molecule has 0 radical (unpaired) electrons. The van der Waals surface area contributed by atoms with Crippen LogP contribution in [0.2, 0.25) is 0 Å². The number of hydrogen-bond donors (Lipinski definition) is 1. The molecule has 0 spiro atoms. The number of esters is 1. The van der Waals surface area contributed by atoms with Gasteiger partial charge in [0.2, 0.25) is 0 Å². The van der Waals surface area contributed by atoms with E-state index < -0.39 is 0 Å². The lowest BCUT2D eigenvalue weighted by molar-refractivity contribution is -0.146. The fourth-order valence-corrected chi connectivity index (χ4v) is 2.10. The molecule has 1 fully saturated rings. The number of methoxy groups -OCH3 is 1. The molecule has 2 N–H and O–H groups in total. The third-order valence-electron chi connectivity index (χ3n) is 2.95. The molecule has 1 heterocycles. The Hall–Kier alpha value is -0.680. The zero-order valence-electron chi connectivity index (χ0n) is 9.23. The summed E-state index contributed by atoms with van der Waals surface area (Å²) in [5.41, 5.74) is 5.63. The van der Waals surface area contributed by atoms with Gasteiger partial charge in [-0.1, -0.05) is 12.2 Å². The van der Waals surface area contributed by atoms with E-state index in [-0.39, 0.29) is 17.9 Å². The maximum absolute atomic E-state index is 11.4. The third-order valence-corrected chi connectivity index (χ3v) is 3.28. The normalized spacial score (nSPS) is 24.5. The summed E-state index contributed by atoms with van der Waals surface area (Å²) in [4.78, 5) is 14.0. The lowest BCUT2D eigenvalue weighted by atomic mass is 9.97. The van der Waals surface area contributed by atoms with E-state index in [0.717, 1.165) is 25.9 Å². The molecule has 0 bridgehead atoms. The number of rotatable bonds is 3. The van der Waals surface area contributed by atoms with Crippen molar-refractivity contribution in [1.29, 1.82) is 0 Å². The number of carbonyl (C=O) groups is 1. The van der Waals surface area contributed by atoms with Gasteiger partial charge in [-0.2, -0.15) is 0 Å². The molecule has 2 unspecified atom stereocenters. The third kappa shape index (κ3) is 3.14. The van der Waals surface area contributed by atoms with Crippen molar-refractivity contribution >= 4 is 23.2 Å². The van der Waals surface area contributed by atoms with Crippen molar-refractivity contribution in [3.63, 3.8) is 0 Å². The van der Waals surface area contributed by atoms with Gasteiger partial charge in [0.05, 0.1) is 12.1 Å². The number of piperidine rings is 1. The van der Waals surface area contributed by atoms with Crippen LogP contribution in [0.25, 0.3) is 0 Å². The minimum atomic E-state index is -0.202.